The molecular formula is C4H5ClNO3-. The van der Waals surface area contributed by atoms with Gasteiger partial charge in [0.2, 0.25) is 0 Å². The monoisotopic (exact) mass is 150 g/mol. The van der Waals surface area contributed by atoms with Crippen LogP contribution in [0.3, 0.4) is 0 Å². The Hall–Kier alpha value is -0.450. The quantitative estimate of drug-likeness (QED) is 0.279. The molecule has 5 heteroatoms. The first kappa shape index (κ1) is 8.55. The number of carbonyl (C=O) groups is 2. The summed E-state index contributed by atoms with van der Waals surface area (Å²) in [6.45, 7) is 0. The predicted octanol–water partition coefficient (Wildman–Crippen LogP) is -4.78. The average Bonchev–Trinajstić information content (AvgIpc) is 1.98. The van der Waals surface area contributed by atoms with E-state index in [0.29, 0.717) is 0 Å². The van der Waals surface area contributed by atoms with E-state index in [1.165, 1.54) is 0 Å². The summed E-state index contributed by atoms with van der Waals surface area (Å²) >= 11 is 0. The Morgan fingerprint density at radius 1 is 1.22 bits per heavy atom. The molecule has 0 aliphatic carbocycles. The van der Waals surface area contributed by atoms with Crippen LogP contribution in [0.15, 0.2) is 0 Å². The first-order valence-corrected chi connectivity index (χ1v) is 2.32. The maximum atomic E-state index is 10.2. The highest BCUT2D eigenvalue weighted by atomic mass is 35.5. The number of nitrogens with one attached hydrogen (secondary N) is 1. The van der Waals surface area contributed by atoms with Gasteiger partial charge in [-0.1, -0.05) is 0 Å². The van der Waals surface area contributed by atoms with Crippen molar-refractivity contribution in [2.24, 2.45) is 0 Å². The molecule has 0 aromatic carbocycles. The van der Waals surface area contributed by atoms with Gasteiger partial charge < -0.3 is 17.6 Å². The van der Waals surface area contributed by atoms with Crippen LogP contribution in [0.5, 0.6) is 0 Å². The second-order valence-electron chi connectivity index (χ2n) is 1.68. The van der Waals surface area contributed by atoms with E-state index < -0.39 is 16.9 Å². The van der Waals surface area contributed by atoms with Crippen LogP contribution in [0.2, 0.25) is 0 Å². The van der Waals surface area contributed by atoms with Crippen molar-refractivity contribution in [1.29, 1.82) is 0 Å². The number of carbonyl (C=O) groups excluding carboxylic acids is 2. The molecule has 1 aliphatic rings. The van der Waals surface area contributed by atoms with Crippen LogP contribution >= 0.6 is 0 Å². The van der Waals surface area contributed by atoms with Crippen molar-refractivity contribution < 1.29 is 27.1 Å². The van der Waals surface area contributed by atoms with Gasteiger partial charge in [-0.2, -0.15) is 0 Å². The summed E-state index contributed by atoms with van der Waals surface area (Å²) in [5.74, 6) is -1.06. The van der Waals surface area contributed by atoms with E-state index in [9.17, 15) is 14.8 Å². The molecule has 1 fully saturated rings. The van der Waals surface area contributed by atoms with E-state index >= 15 is 0 Å². The lowest BCUT2D eigenvalue weighted by molar-refractivity contribution is -0.672. The molecule has 4 nitrogen and oxygen atoms in total. The van der Waals surface area contributed by atoms with Gasteiger partial charge in [-0.3, -0.25) is 0 Å². The molecular weight excluding hydrogens is 146 g/mol. The van der Waals surface area contributed by atoms with E-state index in [1.54, 1.807) is 0 Å². The Morgan fingerprint density at radius 3 is 1.67 bits per heavy atom. The molecule has 9 heavy (non-hydrogen) atoms. The summed E-state index contributed by atoms with van der Waals surface area (Å²) in [5, 5.41) is 9.39. The minimum absolute atomic E-state index is 0. The van der Waals surface area contributed by atoms with Gasteiger partial charge in [0.1, 0.15) is 0 Å². The second-order valence-corrected chi connectivity index (χ2v) is 1.68. The Balaban J connectivity index is 0.000000640. The molecule has 0 bridgehead atoms. The van der Waals surface area contributed by atoms with Gasteiger partial charge >= 0.3 is 11.8 Å². The smallest absolute Gasteiger partial charge is 0.320 e. The first-order chi connectivity index (χ1) is 3.72. The SMILES string of the molecule is O=C1CCC(=O)[NH+]1[O-].[Cl-]. The molecule has 1 rings (SSSR count). The van der Waals surface area contributed by atoms with Crippen LogP contribution in [0.4, 0.5) is 0 Å². The molecule has 0 radical (unpaired) electrons. The fourth-order valence-electron chi connectivity index (χ4n) is 0.610. The molecule has 0 saturated carbocycles. The van der Waals surface area contributed by atoms with Crippen molar-refractivity contribution in [3.05, 3.63) is 5.21 Å². The fourth-order valence-corrected chi connectivity index (χ4v) is 0.610. The van der Waals surface area contributed by atoms with Gasteiger partial charge in [0.25, 0.3) is 0 Å². The highest BCUT2D eigenvalue weighted by Gasteiger charge is 2.28. The van der Waals surface area contributed by atoms with Gasteiger partial charge in [-0.15, -0.1) is 0 Å². The van der Waals surface area contributed by atoms with Crippen LogP contribution < -0.4 is 17.5 Å². The molecule has 0 spiro atoms. The van der Waals surface area contributed by atoms with E-state index in [2.05, 4.69) is 0 Å². The van der Waals surface area contributed by atoms with Crippen molar-refractivity contribution in [1.82, 2.24) is 0 Å². The van der Waals surface area contributed by atoms with Crippen LogP contribution in [-0.2, 0) is 9.59 Å². The number of hydrogen-bond donors (Lipinski definition) is 1. The van der Waals surface area contributed by atoms with Gasteiger partial charge in [-0.25, -0.2) is 14.7 Å². The minimum Gasteiger partial charge on any atom is -1.00 e. The maximum Gasteiger partial charge on any atom is 0.320 e. The molecule has 1 N–H and O–H groups in total. The number of hydrogen-bond acceptors (Lipinski definition) is 3. The number of imide groups is 1. The summed E-state index contributed by atoms with van der Waals surface area (Å²) < 4.78 is 0. The summed E-state index contributed by atoms with van der Waals surface area (Å²) in [7, 11) is 0. The molecule has 0 atom stereocenters. The van der Waals surface area contributed by atoms with Gasteiger partial charge in [0.15, 0.2) is 0 Å². The molecule has 0 aromatic rings. The Bertz CT molecular complexity index is 131. The number of hydroxylamine groups is 2. The fraction of sp³-hybridized carbons (Fsp3) is 0.500. The van der Waals surface area contributed by atoms with Gasteiger partial charge in [-0.05, 0) is 0 Å². The van der Waals surface area contributed by atoms with Crippen LogP contribution in [0.1, 0.15) is 12.8 Å². The third-order valence-electron chi connectivity index (χ3n) is 1.09. The number of amides is 2. The number of rotatable bonds is 0. The zero-order valence-electron chi connectivity index (χ0n) is 4.52. The van der Waals surface area contributed by atoms with Crippen LogP contribution in [0.25, 0.3) is 0 Å². The lowest BCUT2D eigenvalue weighted by Crippen LogP contribution is -3.10. The van der Waals surface area contributed by atoms with Crippen molar-refractivity contribution in [3.63, 3.8) is 0 Å². The Kier molecular flexibility index (Phi) is 2.76. The molecule has 1 aliphatic heterocycles. The van der Waals surface area contributed by atoms with Crippen molar-refractivity contribution in [3.8, 4) is 0 Å². The Morgan fingerprint density at radius 2 is 1.56 bits per heavy atom. The summed E-state index contributed by atoms with van der Waals surface area (Å²) in [6.07, 6.45) is 0.245. The lowest BCUT2D eigenvalue weighted by Gasteiger charge is -2.06. The van der Waals surface area contributed by atoms with Gasteiger partial charge in [0.05, 0.1) is 12.8 Å². The van der Waals surface area contributed by atoms with Crippen molar-refractivity contribution in [2.45, 2.75) is 12.8 Å². The number of quaternary nitrogens is 1. The summed E-state index contributed by atoms with van der Waals surface area (Å²) in [5.41, 5.74) is 0. The highest BCUT2D eigenvalue weighted by Crippen LogP contribution is 1.90. The maximum absolute atomic E-state index is 10.2. The molecule has 0 unspecified atom stereocenters. The van der Waals surface area contributed by atoms with E-state index in [-0.39, 0.29) is 25.2 Å². The third-order valence-corrected chi connectivity index (χ3v) is 1.09. The van der Waals surface area contributed by atoms with Crippen LogP contribution in [-0.4, -0.2) is 11.8 Å². The molecule has 1 saturated heterocycles. The minimum atomic E-state index is -0.815. The lowest BCUT2D eigenvalue weighted by atomic mass is 10.4. The van der Waals surface area contributed by atoms with E-state index in [0.717, 1.165) is 0 Å². The number of halogens is 1. The van der Waals surface area contributed by atoms with Gasteiger partial charge in [0, 0.05) is 0 Å². The molecule has 52 valence electrons. The molecule has 1 heterocycles. The predicted molar refractivity (Wildman–Crippen MR) is 23.6 cm³/mol. The average molecular weight is 151 g/mol. The topological polar surface area (TPSA) is 61.6 Å². The van der Waals surface area contributed by atoms with E-state index in [4.69, 9.17) is 0 Å². The van der Waals surface area contributed by atoms with Crippen molar-refractivity contribution in [2.75, 3.05) is 0 Å². The summed E-state index contributed by atoms with van der Waals surface area (Å²) in [4.78, 5) is 20.4. The normalized spacial score (nSPS) is 20.1. The van der Waals surface area contributed by atoms with Crippen molar-refractivity contribution >= 4 is 11.8 Å². The molecule has 0 aromatic heterocycles. The Labute approximate surface area is 57.8 Å². The largest absolute Gasteiger partial charge is 1.00 e. The zero-order valence-corrected chi connectivity index (χ0v) is 5.27. The standard InChI is InChI=1S/C4H5NO3.ClH/c6-3-1-2-4(7)5(3)8;/h5H,1-2H2;1H/p-1. The first-order valence-electron chi connectivity index (χ1n) is 2.32. The highest BCUT2D eigenvalue weighted by molar-refractivity contribution is 5.88. The summed E-state index contributed by atoms with van der Waals surface area (Å²) in [6, 6.07) is 0. The van der Waals surface area contributed by atoms with Crippen LogP contribution in [0, 0.1) is 5.21 Å². The second kappa shape index (κ2) is 2.91. The molecule has 2 amide bonds. The third kappa shape index (κ3) is 1.48. The van der Waals surface area contributed by atoms with E-state index in [1.807, 2.05) is 0 Å². The zero-order chi connectivity index (χ0) is 6.15.